The van der Waals surface area contributed by atoms with E-state index in [2.05, 4.69) is 0 Å². The summed E-state index contributed by atoms with van der Waals surface area (Å²) in [5, 5.41) is 17.6. The quantitative estimate of drug-likeness (QED) is 0.0303. The van der Waals surface area contributed by atoms with E-state index in [0.717, 1.165) is 89.9 Å². The van der Waals surface area contributed by atoms with Crippen molar-refractivity contribution in [2.45, 2.75) is 89.9 Å². The molecule has 0 unspecified atom stereocenters. The summed E-state index contributed by atoms with van der Waals surface area (Å²) in [6.45, 7) is 2.13. The highest BCUT2D eigenvalue weighted by Gasteiger charge is 2.13. The molecule has 4 rings (SSSR count). The number of ether oxygens (including phenoxy) is 6. The van der Waals surface area contributed by atoms with E-state index < -0.39 is 23.9 Å². The van der Waals surface area contributed by atoms with Crippen molar-refractivity contribution < 1.29 is 57.8 Å². The number of esters is 4. The average molecular weight is 827 g/mol. The summed E-state index contributed by atoms with van der Waals surface area (Å²) in [5.74, 6) is 0.104. The summed E-state index contributed by atoms with van der Waals surface area (Å²) >= 11 is 0. The average Bonchev–Trinajstić information content (AvgIpc) is 3.27. The predicted molar refractivity (Wildman–Crippen MR) is 226 cm³/mol. The second-order valence-corrected chi connectivity index (χ2v) is 14.2. The van der Waals surface area contributed by atoms with E-state index in [4.69, 9.17) is 38.6 Å². The molecular formula is C48H58O12. The third-order valence-electron chi connectivity index (χ3n) is 9.43. The van der Waals surface area contributed by atoms with Gasteiger partial charge in [0.2, 0.25) is 0 Å². The Morgan fingerprint density at radius 3 is 0.917 bits per heavy atom. The molecule has 0 amide bonds. The van der Waals surface area contributed by atoms with Gasteiger partial charge in [-0.25, -0.2) is 19.2 Å². The van der Waals surface area contributed by atoms with Gasteiger partial charge >= 0.3 is 23.9 Å². The largest absolute Gasteiger partial charge is 0.494 e. The third kappa shape index (κ3) is 18.0. The minimum Gasteiger partial charge on any atom is -0.494 e. The van der Waals surface area contributed by atoms with E-state index in [-0.39, 0.29) is 13.2 Å². The number of rotatable bonds is 29. The van der Waals surface area contributed by atoms with Crippen LogP contribution >= 0.6 is 0 Å². The molecule has 0 saturated heterocycles. The fraction of sp³-hybridized carbons (Fsp3) is 0.417. The van der Waals surface area contributed by atoms with E-state index in [1.54, 1.807) is 97.1 Å². The van der Waals surface area contributed by atoms with E-state index in [0.29, 0.717) is 71.7 Å². The lowest BCUT2D eigenvalue weighted by Crippen LogP contribution is -2.09. The van der Waals surface area contributed by atoms with Crippen LogP contribution in [0.5, 0.6) is 23.0 Å². The molecule has 0 aliphatic heterocycles. The monoisotopic (exact) mass is 826 g/mol. The normalized spacial score (nSPS) is 10.8. The highest BCUT2D eigenvalue weighted by Crippen LogP contribution is 2.20. The minimum absolute atomic E-state index is 0.171. The Kier molecular flexibility index (Phi) is 21.8. The van der Waals surface area contributed by atoms with Crippen LogP contribution in [0.4, 0.5) is 0 Å². The highest BCUT2D eigenvalue weighted by atomic mass is 16.5. The zero-order valence-corrected chi connectivity index (χ0v) is 34.4. The molecule has 4 aromatic carbocycles. The van der Waals surface area contributed by atoms with Crippen LogP contribution in [0.15, 0.2) is 97.1 Å². The maximum absolute atomic E-state index is 12.6. The maximum atomic E-state index is 12.6. The van der Waals surface area contributed by atoms with Crippen LogP contribution in [0, 0.1) is 0 Å². The van der Waals surface area contributed by atoms with Crippen LogP contribution in [0.1, 0.15) is 131 Å². The number of carbonyl (C=O) groups excluding carboxylic acids is 4. The van der Waals surface area contributed by atoms with Crippen molar-refractivity contribution in [1.29, 1.82) is 0 Å². The molecule has 0 heterocycles. The molecular weight excluding hydrogens is 769 g/mol. The van der Waals surface area contributed by atoms with Gasteiger partial charge in [-0.1, -0.05) is 38.5 Å². The molecule has 12 heteroatoms. The van der Waals surface area contributed by atoms with Crippen molar-refractivity contribution >= 4 is 23.9 Å². The number of aliphatic hydroxyl groups excluding tert-OH is 2. The fourth-order valence-corrected chi connectivity index (χ4v) is 5.95. The van der Waals surface area contributed by atoms with E-state index in [9.17, 15) is 19.2 Å². The summed E-state index contributed by atoms with van der Waals surface area (Å²) in [7, 11) is 0. The van der Waals surface area contributed by atoms with Gasteiger partial charge in [-0.05, 0) is 148 Å². The summed E-state index contributed by atoms with van der Waals surface area (Å²) < 4.78 is 33.2. The summed E-state index contributed by atoms with van der Waals surface area (Å²) in [4.78, 5) is 49.7. The first-order valence-corrected chi connectivity index (χ1v) is 21.0. The number of unbranched alkanes of at least 4 members (excludes halogenated alkanes) is 11. The Balaban J connectivity index is 1.01. The van der Waals surface area contributed by atoms with Crippen molar-refractivity contribution in [1.82, 2.24) is 0 Å². The van der Waals surface area contributed by atoms with Gasteiger partial charge < -0.3 is 38.6 Å². The maximum Gasteiger partial charge on any atom is 0.343 e. The molecule has 12 nitrogen and oxygen atoms in total. The lowest BCUT2D eigenvalue weighted by atomic mass is 10.1. The molecule has 0 aromatic heterocycles. The summed E-state index contributed by atoms with van der Waals surface area (Å²) in [6, 6.07) is 26.1. The smallest absolute Gasteiger partial charge is 0.343 e. The first kappa shape index (κ1) is 47.0. The van der Waals surface area contributed by atoms with E-state index >= 15 is 0 Å². The van der Waals surface area contributed by atoms with Gasteiger partial charge in [-0.3, -0.25) is 0 Å². The molecule has 0 fully saturated rings. The zero-order chi connectivity index (χ0) is 42.6. The summed E-state index contributed by atoms with van der Waals surface area (Å²) in [5.41, 5.74) is 1.52. The van der Waals surface area contributed by atoms with Crippen molar-refractivity contribution in [2.75, 3.05) is 39.6 Å². The standard InChI is InChI=1S/C48H58O12/c49-31-9-3-7-13-35-57-45(51)37-19-27-43(28-20-37)59-47(53)39-15-23-41(24-16-39)55-33-11-5-1-2-6-12-34-56-42-25-17-40(18-26-42)48(54)60-44-29-21-38(22-30-44)46(52)58-36-14-8-4-10-32-50/h15-30,49-50H,1-14,31-36H2. The van der Waals surface area contributed by atoms with Gasteiger partial charge in [0.05, 0.1) is 48.7 Å². The van der Waals surface area contributed by atoms with Crippen LogP contribution in [0.2, 0.25) is 0 Å². The fourth-order valence-electron chi connectivity index (χ4n) is 5.95. The predicted octanol–water partition coefficient (Wildman–Crippen LogP) is 9.34. The molecule has 0 saturated carbocycles. The van der Waals surface area contributed by atoms with Crippen molar-refractivity contribution in [3.63, 3.8) is 0 Å². The molecule has 0 aliphatic carbocycles. The molecule has 2 N–H and O–H groups in total. The van der Waals surface area contributed by atoms with Crippen LogP contribution < -0.4 is 18.9 Å². The second-order valence-electron chi connectivity index (χ2n) is 14.2. The van der Waals surface area contributed by atoms with Gasteiger partial charge in [0.15, 0.2) is 0 Å². The van der Waals surface area contributed by atoms with Crippen LogP contribution in [-0.4, -0.2) is 73.7 Å². The number of benzene rings is 4. The molecule has 322 valence electrons. The number of hydrogen-bond donors (Lipinski definition) is 2. The molecule has 60 heavy (non-hydrogen) atoms. The van der Waals surface area contributed by atoms with Crippen LogP contribution in [0.25, 0.3) is 0 Å². The van der Waals surface area contributed by atoms with E-state index in [1.165, 1.54) is 0 Å². The lowest BCUT2D eigenvalue weighted by molar-refractivity contribution is 0.0488. The molecule has 0 aliphatic rings. The SMILES string of the molecule is O=C(OCCCCCCO)c1ccc(OC(=O)c2ccc(OCCCCCCCCOc3ccc(C(=O)Oc4ccc(C(=O)OCCCCCCO)cc4)cc3)cc2)cc1. The first-order valence-electron chi connectivity index (χ1n) is 21.0. The van der Waals surface area contributed by atoms with Gasteiger partial charge in [0.25, 0.3) is 0 Å². The molecule has 4 aromatic rings. The van der Waals surface area contributed by atoms with Gasteiger partial charge in [0, 0.05) is 13.2 Å². The van der Waals surface area contributed by atoms with Gasteiger partial charge in [-0.2, -0.15) is 0 Å². The topological polar surface area (TPSA) is 164 Å². The first-order chi connectivity index (χ1) is 29.4. The Hall–Kier alpha value is -5.72. The zero-order valence-electron chi connectivity index (χ0n) is 34.4. The third-order valence-corrected chi connectivity index (χ3v) is 9.43. The lowest BCUT2D eigenvalue weighted by Gasteiger charge is -2.09. The number of aliphatic hydroxyl groups is 2. The van der Waals surface area contributed by atoms with Crippen molar-refractivity contribution in [3.8, 4) is 23.0 Å². The highest BCUT2D eigenvalue weighted by molar-refractivity contribution is 5.93. The summed E-state index contributed by atoms with van der Waals surface area (Å²) in [6.07, 6.45) is 12.6. The Labute approximate surface area is 352 Å². The van der Waals surface area contributed by atoms with Crippen molar-refractivity contribution in [3.05, 3.63) is 119 Å². The Bertz CT molecular complexity index is 1700. The minimum atomic E-state index is -0.513. The molecule has 0 atom stereocenters. The molecule has 0 bridgehead atoms. The number of hydrogen-bond acceptors (Lipinski definition) is 12. The molecule has 0 spiro atoms. The second kappa shape index (κ2) is 27.9. The Morgan fingerprint density at radius 1 is 0.317 bits per heavy atom. The van der Waals surface area contributed by atoms with Gasteiger partial charge in [0.1, 0.15) is 23.0 Å². The van der Waals surface area contributed by atoms with Crippen molar-refractivity contribution in [2.24, 2.45) is 0 Å². The number of carbonyl (C=O) groups is 4. The van der Waals surface area contributed by atoms with Crippen LogP contribution in [0.3, 0.4) is 0 Å². The van der Waals surface area contributed by atoms with Gasteiger partial charge in [-0.15, -0.1) is 0 Å². The molecule has 0 radical (unpaired) electrons. The Morgan fingerprint density at radius 2 is 0.583 bits per heavy atom. The van der Waals surface area contributed by atoms with E-state index in [1.807, 2.05) is 0 Å². The van der Waals surface area contributed by atoms with Crippen LogP contribution in [-0.2, 0) is 9.47 Å².